The monoisotopic (exact) mass is 262 g/mol. The Morgan fingerprint density at radius 3 is 2.22 bits per heavy atom. The van der Waals surface area contributed by atoms with Gasteiger partial charge in [-0.3, -0.25) is 4.90 Å². The lowest BCUT2D eigenvalue weighted by atomic mass is 10.4. The highest BCUT2D eigenvalue weighted by Gasteiger charge is 2.09. The summed E-state index contributed by atoms with van der Waals surface area (Å²) in [6.07, 6.45) is 0.883. The summed E-state index contributed by atoms with van der Waals surface area (Å²) in [4.78, 5) is 12.9. The number of nitrogens with one attached hydrogen (secondary N) is 1. The molecule has 1 heterocycles. The molecule has 18 heavy (non-hydrogen) atoms. The van der Waals surface area contributed by atoms with Crippen molar-refractivity contribution in [1.82, 2.24) is 10.2 Å². The number of hydrogen-bond acceptors (Lipinski definition) is 4. The number of nitrogens with zero attached hydrogens (tertiary/aromatic N) is 1. The lowest BCUT2D eigenvalue weighted by Gasteiger charge is -2.26. The van der Waals surface area contributed by atoms with Gasteiger partial charge in [0.2, 0.25) is 0 Å². The van der Waals surface area contributed by atoms with Crippen LogP contribution in [0.3, 0.4) is 0 Å². The van der Waals surface area contributed by atoms with Gasteiger partial charge in [-0.1, -0.05) is 34.1 Å². The number of hydrogen-bond donors (Lipinski definition) is 1. The molecule has 0 radical (unpaired) electrons. The summed E-state index contributed by atoms with van der Waals surface area (Å²) in [5.74, 6) is 0. The van der Waals surface area contributed by atoms with Crippen LogP contribution in [0.1, 0.15) is 34.1 Å². The maximum atomic E-state index is 10.7. The molecule has 5 heteroatoms. The summed E-state index contributed by atoms with van der Waals surface area (Å²) >= 11 is 0. The Morgan fingerprint density at radius 1 is 1.28 bits per heavy atom. The van der Waals surface area contributed by atoms with E-state index in [9.17, 15) is 4.79 Å². The van der Waals surface area contributed by atoms with Crippen LogP contribution in [0, 0.1) is 0 Å². The molecule has 0 spiro atoms. The largest absolute Gasteiger partial charge is 0.453 e. The van der Waals surface area contributed by atoms with Crippen LogP contribution in [0.25, 0.3) is 0 Å². The Balaban J connectivity index is 0. The highest BCUT2D eigenvalue weighted by Crippen LogP contribution is 1.94. The van der Waals surface area contributed by atoms with E-state index in [1.165, 1.54) is 13.5 Å². The SMILES string of the molecule is CC.CCC.COC(=O)NCCN1CCOCC1. The van der Waals surface area contributed by atoms with E-state index in [2.05, 4.69) is 28.8 Å². The molecule has 0 aliphatic carbocycles. The van der Waals surface area contributed by atoms with Crippen LogP contribution in [0.5, 0.6) is 0 Å². The molecule has 0 unspecified atom stereocenters. The third-order valence-corrected chi connectivity index (χ3v) is 1.99. The van der Waals surface area contributed by atoms with Gasteiger partial charge in [0.05, 0.1) is 20.3 Å². The van der Waals surface area contributed by atoms with E-state index >= 15 is 0 Å². The minimum Gasteiger partial charge on any atom is -0.453 e. The number of ether oxygens (including phenoxy) is 2. The molecule has 1 fully saturated rings. The van der Waals surface area contributed by atoms with Crippen LogP contribution in [0.4, 0.5) is 4.79 Å². The van der Waals surface area contributed by atoms with Crippen LogP contribution < -0.4 is 5.32 Å². The molecule has 0 aromatic heterocycles. The molecule has 1 N–H and O–H groups in total. The fourth-order valence-electron chi connectivity index (χ4n) is 1.21. The first-order chi connectivity index (χ1) is 8.74. The third kappa shape index (κ3) is 13.3. The lowest BCUT2D eigenvalue weighted by Crippen LogP contribution is -2.41. The zero-order chi connectivity index (χ0) is 14.2. The fraction of sp³-hybridized carbons (Fsp3) is 0.923. The second-order valence-electron chi connectivity index (χ2n) is 3.58. The Kier molecular flexibility index (Phi) is 17.6. The fourth-order valence-corrected chi connectivity index (χ4v) is 1.21. The molecule has 0 aromatic rings. The van der Waals surface area contributed by atoms with E-state index in [-0.39, 0.29) is 6.09 Å². The molecule has 0 saturated carbocycles. The average molecular weight is 262 g/mol. The Morgan fingerprint density at radius 2 is 1.78 bits per heavy atom. The molecule has 1 amide bonds. The first-order valence-electron chi connectivity index (χ1n) is 6.86. The van der Waals surface area contributed by atoms with Gasteiger partial charge in [-0.15, -0.1) is 0 Å². The van der Waals surface area contributed by atoms with Crippen LogP contribution in [-0.4, -0.2) is 57.5 Å². The van der Waals surface area contributed by atoms with Crippen molar-refractivity contribution in [2.24, 2.45) is 0 Å². The summed E-state index contributed by atoms with van der Waals surface area (Å²) in [7, 11) is 1.37. The summed E-state index contributed by atoms with van der Waals surface area (Å²) in [6.45, 7) is 13.2. The minimum atomic E-state index is -0.367. The highest BCUT2D eigenvalue weighted by atomic mass is 16.5. The van der Waals surface area contributed by atoms with Gasteiger partial charge in [-0.25, -0.2) is 4.79 Å². The normalized spacial score (nSPS) is 14.5. The van der Waals surface area contributed by atoms with Crippen LogP contribution >= 0.6 is 0 Å². The lowest BCUT2D eigenvalue weighted by molar-refractivity contribution is 0.0384. The van der Waals surface area contributed by atoms with Crippen molar-refractivity contribution >= 4 is 6.09 Å². The van der Waals surface area contributed by atoms with Gasteiger partial charge in [-0.05, 0) is 0 Å². The number of amides is 1. The smallest absolute Gasteiger partial charge is 0.406 e. The van der Waals surface area contributed by atoms with E-state index in [0.29, 0.717) is 6.54 Å². The van der Waals surface area contributed by atoms with Gasteiger partial charge in [0.15, 0.2) is 0 Å². The molecule has 1 aliphatic rings. The molecule has 5 nitrogen and oxygen atoms in total. The zero-order valence-electron chi connectivity index (χ0n) is 12.6. The Bertz CT molecular complexity index is 172. The van der Waals surface area contributed by atoms with Crippen LogP contribution in [0.15, 0.2) is 0 Å². The van der Waals surface area contributed by atoms with Crippen molar-refractivity contribution in [2.75, 3.05) is 46.5 Å². The average Bonchev–Trinajstić information content (AvgIpc) is 2.43. The van der Waals surface area contributed by atoms with Gasteiger partial charge in [0.1, 0.15) is 0 Å². The van der Waals surface area contributed by atoms with E-state index in [1.807, 2.05) is 13.8 Å². The maximum Gasteiger partial charge on any atom is 0.406 e. The first-order valence-corrected chi connectivity index (χ1v) is 6.86. The number of rotatable bonds is 3. The molecule has 1 saturated heterocycles. The number of alkyl carbamates (subject to hydrolysis) is 1. The maximum absolute atomic E-state index is 10.7. The van der Waals surface area contributed by atoms with Gasteiger partial charge in [0.25, 0.3) is 0 Å². The minimum absolute atomic E-state index is 0.367. The first kappa shape index (κ1) is 19.5. The van der Waals surface area contributed by atoms with Crippen molar-refractivity contribution in [3.05, 3.63) is 0 Å². The quantitative estimate of drug-likeness (QED) is 0.846. The summed E-state index contributed by atoms with van der Waals surface area (Å²) < 4.78 is 9.64. The molecular formula is C13H30N2O3. The van der Waals surface area contributed by atoms with E-state index in [1.54, 1.807) is 0 Å². The van der Waals surface area contributed by atoms with Crippen LogP contribution in [0.2, 0.25) is 0 Å². The number of carbonyl (C=O) groups excluding carboxylic acids is 1. The van der Waals surface area contributed by atoms with Gasteiger partial charge < -0.3 is 14.8 Å². The predicted molar refractivity (Wildman–Crippen MR) is 75.0 cm³/mol. The van der Waals surface area contributed by atoms with Gasteiger partial charge >= 0.3 is 6.09 Å². The molecule has 1 aliphatic heterocycles. The van der Waals surface area contributed by atoms with Crippen LogP contribution in [-0.2, 0) is 9.47 Å². The number of methoxy groups -OCH3 is 1. The summed E-state index contributed by atoms with van der Waals surface area (Å²) in [6, 6.07) is 0. The Labute approximate surface area is 112 Å². The van der Waals surface area contributed by atoms with Crippen molar-refractivity contribution in [3.8, 4) is 0 Å². The van der Waals surface area contributed by atoms with Crippen molar-refractivity contribution in [3.63, 3.8) is 0 Å². The summed E-state index contributed by atoms with van der Waals surface area (Å²) in [5.41, 5.74) is 0. The second-order valence-corrected chi connectivity index (χ2v) is 3.58. The van der Waals surface area contributed by atoms with Gasteiger partial charge in [0, 0.05) is 26.2 Å². The predicted octanol–water partition coefficient (Wildman–Crippen LogP) is 2.12. The van der Waals surface area contributed by atoms with E-state index in [0.717, 1.165) is 32.8 Å². The molecular weight excluding hydrogens is 232 g/mol. The molecule has 0 bridgehead atoms. The second kappa shape index (κ2) is 16.2. The van der Waals surface area contributed by atoms with Gasteiger partial charge in [-0.2, -0.15) is 0 Å². The van der Waals surface area contributed by atoms with Crippen molar-refractivity contribution in [1.29, 1.82) is 0 Å². The number of morpholine rings is 1. The third-order valence-electron chi connectivity index (χ3n) is 1.99. The summed E-state index contributed by atoms with van der Waals surface area (Å²) in [5, 5.41) is 2.64. The molecule has 0 atom stereocenters. The molecule has 1 rings (SSSR count). The van der Waals surface area contributed by atoms with E-state index < -0.39 is 0 Å². The number of carbonyl (C=O) groups is 1. The molecule has 110 valence electrons. The highest BCUT2D eigenvalue weighted by molar-refractivity contribution is 5.66. The standard InChI is InChI=1S/C8H16N2O3.C3H8.C2H6/c1-12-8(11)9-2-3-10-4-6-13-7-5-10;1-3-2;1-2/h2-7H2,1H3,(H,9,11);3H2,1-2H3;1-2H3. The van der Waals surface area contributed by atoms with Crippen molar-refractivity contribution in [2.45, 2.75) is 34.1 Å². The Hall–Kier alpha value is -0.810. The molecule has 0 aromatic carbocycles. The van der Waals surface area contributed by atoms with E-state index in [4.69, 9.17) is 4.74 Å². The van der Waals surface area contributed by atoms with Crippen molar-refractivity contribution < 1.29 is 14.3 Å². The topological polar surface area (TPSA) is 50.8 Å². The zero-order valence-corrected chi connectivity index (χ0v) is 12.6.